The molecule has 0 radical (unpaired) electrons. The van der Waals surface area contributed by atoms with Gasteiger partial charge in [0.05, 0.1) is 27.7 Å². The molecular formula is C26H20INO6S. The smallest absolute Gasteiger partial charge is 0.343 e. The Balaban J connectivity index is 1.47. The second kappa shape index (κ2) is 11.4. The summed E-state index contributed by atoms with van der Waals surface area (Å²) >= 11 is 2.91. The van der Waals surface area contributed by atoms with Crippen LogP contribution in [0.4, 0.5) is 4.79 Å². The van der Waals surface area contributed by atoms with E-state index in [4.69, 9.17) is 14.2 Å². The summed E-state index contributed by atoms with van der Waals surface area (Å²) in [5.74, 6) is 0.400. The number of carbonyl (C=O) groups is 3. The molecule has 7 nitrogen and oxygen atoms in total. The van der Waals surface area contributed by atoms with Crippen molar-refractivity contribution in [1.29, 1.82) is 0 Å². The number of rotatable bonds is 8. The lowest BCUT2D eigenvalue weighted by Crippen LogP contribution is -2.32. The molecule has 0 N–H and O–H groups in total. The Labute approximate surface area is 220 Å². The number of esters is 1. The van der Waals surface area contributed by atoms with Crippen LogP contribution in [0.25, 0.3) is 6.08 Å². The number of thioether (sulfide) groups is 1. The lowest BCUT2D eigenvalue weighted by molar-refractivity contribution is -0.123. The first-order valence-corrected chi connectivity index (χ1v) is 12.4. The summed E-state index contributed by atoms with van der Waals surface area (Å²) in [5, 5.41) is -0.354. The van der Waals surface area contributed by atoms with Crippen molar-refractivity contribution >= 4 is 57.5 Å². The van der Waals surface area contributed by atoms with E-state index in [1.165, 1.54) is 7.11 Å². The molecule has 9 heteroatoms. The van der Waals surface area contributed by atoms with Crippen LogP contribution < -0.4 is 14.2 Å². The Hall–Kier alpha value is -3.31. The van der Waals surface area contributed by atoms with E-state index >= 15 is 0 Å². The summed E-state index contributed by atoms with van der Waals surface area (Å²) in [6.45, 7) is 0.342. The van der Waals surface area contributed by atoms with Crippen LogP contribution in [0.5, 0.6) is 17.2 Å². The number of halogens is 1. The number of para-hydroxylation sites is 1. The van der Waals surface area contributed by atoms with Crippen LogP contribution in [0.15, 0.2) is 77.7 Å². The number of methoxy groups -OCH3 is 1. The zero-order chi connectivity index (χ0) is 24.8. The normalized spacial score (nSPS) is 14.3. The third-order valence-electron chi connectivity index (χ3n) is 4.95. The van der Waals surface area contributed by atoms with Crippen molar-refractivity contribution in [2.45, 2.75) is 0 Å². The zero-order valence-electron chi connectivity index (χ0n) is 18.6. The van der Waals surface area contributed by atoms with Gasteiger partial charge >= 0.3 is 5.97 Å². The van der Waals surface area contributed by atoms with E-state index in [2.05, 4.69) is 0 Å². The van der Waals surface area contributed by atoms with E-state index in [1.807, 2.05) is 59.0 Å². The van der Waals surface area contributed by atoms with Gasteiger partial charge in [0.2, 0.25) is 0 Å². The maximum Gasteiger partial charge on any atom is 0.343 e. The minimum Gasteiger partial charge on any atom is -0.493 e. The predicted octanol–water partition coefficient (Wildman–Crippen LogP) is 5.63. The summed E-state index contributed by atoms with van der Waals surface area (Å²) in [6, 6.07) is 21.2. The summed E-state index contributed by atoms with van der Waals surface area (Å²) in [7, 11) is 1.47. The van der Waals surface area contributed by atoms with Crippen LogP contribution in [0.2, 0.25) is 0 Å². The van der Waals surface area contributed by atoms with Gasteiger partial charge in [0, 0.05) is 0 Å². The molecule has 1 aliphatic heterocycles. The quantitative estimate of drug-likeness (QED) is 0.143. The summed E-state index contributed by atoms with van der Waals surface area (Å²) in [5.41, 5.74) is 1.05. The molecule has 0 bridgehead atoms. The molecule has 2 amide bonds. The number of benzene rings is 3. The van der Waals surface area contributed by atoms with Crippen LogP contribution in [0.1, 0.15) is 15.9 Å². The van der Waals surface area contributed by atoms with Crippen LogP contribution >= 0.6 is 34.4 Å². The third kappa shape index (κ3) is 6.04. The van der Waals surface area contributed by atoms with Crippen molar-refractivity contribution in [2.75, 3.05) is 20.3 Å². The minimum absolute atomic E-state index is 0.145. The molecule has 178 valence electrons. The van der Waals surface area contributed by atoms with Gasteiger partial charge in [-0.3, -0.25) is 14.5 Å². The maximum atomic E-state index is 12.8. The third-order valence-corrected chi connectivity index (χ3v) is 6.66. The molecule has 0 unspecified atom stereocenters. The van der Waals surface area contributed by atoms with Gasteiger partial charge in [-0.15, -0.1) is 0 Å². The number of amides is 2. The highest BCUT2D eigenvalue weighted by Gasteiger charge is 2.35. The molecule has 1 fully saturated rings. The largest absolute Gasteiger partial charge is 0.493 e. The molecule has 3 aromatic rings. The van der Waals surface area contributed by atoms with Gasteiger partial charge < -0.3 is 14.2 Å². The first-order valence-electron chi connectivity index (χ1n) is 10.5. The average molecular weight is 601 g/mol. The molecule has 1 aliphatic rings. The number of hydrogen-bond donors (Lipinski definition) is 0. The topological polar surface area (TPSA) is 82.1 Å². The number of hydrogen-bond acceptors (Lipinski definition) is 7. The second-order valence-corrected chi connectivity index (χ2v) is 9.44. The van der Waals surface area contributed by atoms with E-state index in [0.29, 0.717) is 31.1 Å². The molecular weight excluding hydrogens is 581 g/mol. The Morgan fingerprint density at radius 3 is 2.40 bits per heavy atom. The highest BCUT2D eigenvalue weighted by molar-refractivity contribution is 14.1. The molecule has 1 saturated heterocycles. The van der Waals surface area contributed by atoms with Crippen molar-refractivity contribution in [3.8, 4) is 17.2 Å². The monoisotopic (exact) mass is 601 g/mol. The fraction of sp³-hybridized carbons (Fsp3) is 0.115. The Kier molecular flexibility index (Phi) is 8.09. The first kappa shape index (κ1) is 24.8. The molecule has 35 heavy (non-hydrogen) atoms. The van der Waals surface area contributed by atoms with Crippen LogP contribution in [-0.4, -0.2) is 42.3 Å². The van der Waals surface area contributed by atoms with Gasteiger partial charge in [0.15, 0.2) is 11.5 Å². The summed E-state index contributed by atoms with van der Waals surface area (Å²) in [6.07, 6.45) is 1.62. The number of carbonyl (C=O) groups excluding carboxylic acids is 3. The highest BCUT2D eigenvalue weighted by Crippen LogP contribution is 2.37. The van der Waals surface area contributed by atoms with Gasteiger partial charge in [-0.2, -0.15) is 0 Å². The number of ether oxygens (including phenoxy) is 3. The van der Waals surface area contributed by atoms with Crippen LogP contribution in [-0.2, 0) is 4.79 Å². The van der Waals surface area contributed by atoms with E-state index in [-0.39, 0.29) is 30.0 Å². The molecule has 0 saturated carbocycles. The van der Waals surface area contributed by atoms with Crippen molar-refractivity contribution in [2.24, 2.45) is 0 Å². The number of imide groups is 1. The summed E-state index contributed by atoms with van der Waals surface area (Å²) < 4.78 is 17.2. The predicted molar refractivity (Wildman–Crippen MR) is 142 cm³/mol. The summed E-state index contributed by atoms with van der Waals surface area (Å²) in [4.78, 5) is 39.2. The van der Waals surface area contributed by atoms with Crippen LogP contribution in [0, 0.1) is 3.57 Å². The lowest BCUT2D eigenvalue weighted by Gasteiger charge is -2.13. The van der Waals surface area contributed by atoms with Gasteiger partial charge in [-0.1, -0.05) is 36.4 Å². The van der Waals surface area contributed by atoms with Crippen LogP contribution in [0.3, 0.4) is 0 Å². The molecule has 1 heterocycles. The van der Waals surface area contributed by atoms with E-state index < -0.39 is 5.97 Å². The van der Waals surface area contributed by atoms with Gasteiger partial charge in [-0.05, 0) is 82.4 Å². The Morgan fingerprint density at radius 2 is 1.71 bits per heavy atom. The average Bonchev–Trinajstić information content (AvgIpc) is 3.13. The fourth-order valence-corrected chi connectivity index (χ4v) is 4.86. The SMILES string of the molecule is COc1cc(/C=C2\SC(=O)N(CCOc3ccccc3)C2=O)cc(I)c1OC(=O)c1ccccc1. The molecule has 3 aromatic carbocycles. The van der Waals surface area contributed by atoms with Gasteiger partial charge in [-0.25, -0.2) is 4.79 Å². The Bertz CT molecular complexity index is 1280. The van der Waals surface area contributed by atoms with Crippen molar-refractivity contribution < 1.29 is 28.6 Å². The molecule has 0 atom stereocenters. The van der Waals surface area contributed by atoms with Crippen molar-refractivity contribution in [3.63, 3.8) is 0 Å². The minimum atomic E-state index is -0.506. The van der Waals surface area contributed by atoms with E-state index in [1.54, 1.807) is 42.5 Å². The second-order valence-electron chi connectivity index (χ2n) is 7.28. The van der Waals surface area contributed by atoms with Gasteiger partial charge in [0.1, 0.15) is 12.4 Å². The standard InChI is InChI=1S/C26H20INO6S/c1-32-21-15-17(14-20(27)23(21)34-25(30)18-8-4-2-5-9-18)16-22-24(29)28(26(31)35-22)12-13-33-19-10-6-3-7-11-19/h2-11,14-16H,12-13H2,1H3/b22-16-. The molecule has 0 spiro atoms. The Morgan fingerprint density at radius 1 is 1.03 bits per heavy atom. The zero-order valence-corrected chi connectivity index (χ0v) is 21.6. The van der Waals surface area contributed by atoms with E-state index in [0.717, 1.165) is 16.7 Å². The molecule has 0 aliphatic carbocycles. The number of nitrogens with zero attached hydrogens (tertiary/aromatic N) is 1. The highest BCUT2D eigenvalue weighted by atomic mass is 127. The lowest BCUT2D eigenvalue weighted by atomic mass is 10.1. The molecule has 4 rings (SSSR count). The van der Waals surface area contributed by atoms with Gasteiger partial charge in [0.25, 0.3) is 11.1 Å². The van der Waals surface area contributed by atoms with Crippen molar-refractivity contribution in [3.05, 3.63) is 92.4 Å². The fourth-order valence-electron chi connectivity index (χ4n) is 3.26. The van der Waals surface area contributed by atoms with Crippen molar-refractivity contribution in [1.82, 2.24) is 4.90 Å². The molecule has 0 aromatic heterocycles. The van der Waals surface area contributed by atoms with E-state index in [9.17, 15) is 14.4 Å². The first-order chi connectivity index (χ1) is 17.0. The maximum absolute atomic E-state index is 12.8.